The van der Waals surface area contributed by atoms with E-state index in [0.29, 0.717) is 13.1 Å². The van der Waals surface area contributed by atoms with E-state index in [0.717, 1.165) is 22.5 Å². The third-order valence-electron chi connectivity index (χ3n) is 3.20. The second kappa shape index (κ2) is 6.34. The highest BCUT2D eigenvalue weighted by molar-refractivity contribution is 9.10. The highest BCUT2D eigenvalue weighted by Crippen LogP contribution is 2.27. The number of benzene rings is 1. The maximum Gasteiger partial charge on any atom is 0.234 e. The molecule has 1 fully saturated rings. The molecule has 1 aliphatic carbocycles. The Kier molecular flexibility index (Phi) is 4.78. The molecule has 1 amide bonds. The molecule has 0 aliphatic heterocycles. The average molecular weight is 311 g/mol. The van der Waals surface area contributed by atoms with E-state index >= 15 is 0 Å². The lowest BCUT2D eigenvalue weighted by atomic mass is 10.1. The van der Waals surface area contributed by atoms with Crippen LogP contribution in [0.15, 0.2) is 22.7 Å². The number of hydrogen-bond donors (Lipinski definition) is 2. The molecule has 2 rings (SSSR count). The fraction of sp³-hybridized carbons (Fsp3) is 0.500. The second-order valence-electron chi connectivity index (χ2n) is 4.92. The predicted octanol–water partition coefficient (Wildman–Crippen LogP) is 2.37. The molecule has 98 valence electrons. The van der Waals surface area contributed by atoms with Crippen LogP contribution in [0.3, 0.4) is 0 Å². The summed E-state index contributed by atoms with van der Waals surface area (Å²) >= 11 is 3.43. The molecule has 1 saturated carbocycles. The van der Waals surface area contributed by atoms with E-state index in [9.17, 15) is 4.79 Å². The van der Waals surface area contributed by atoms with Crippen LogP contribution in [0.1, 0.15) is 24.0 Å². The first kappa shape index (κ1) is 13.6. The fourth-order valence-corrected chi connectivity index (χ4v) is 2.30. The Hall–Kier alpha value is -0.870. The lowest BCUT2D eigenvalue weighted by Gasteiger charge is -2.09. The molecule has 2 N–H and O–H groups in total. The van der Waals surface area contributed by atoms with Crippen molar-refractivity contribution in [2.75, 3.05) is 13.1 Å². The zero-order chi connectivity index (χ0) is 13.0. The predicted molar refractivity (Wildman–Crippen MR) is 76.3 cm³/mol. The van der Waals surface area contributed by atoms with Crippen LogP contribution in [-0.4, -0.2) is 19.0 Å². The van der Waals surface area contributed by atoms with Crippen LogP contribution < -0.4 is 10.6 Å². The Bertz CT molecular complexity index is 430. The lowest BCUT2D eigenvalue weighted by molar-refractivity contribution is -0.120. The second-order valence-corrected chi connectivity index (χ2v) is 5.84. The van der Waals surface area contributed by atoms with Crippen molar-refractivity contribution in [2.45, 2.75) is 26.3 Å². The number of amides is 1. The van der Waals surface area contributed by atoms with E-state index < -0.39 is 0 Å². The Morgan fingerprint density at radius 3 is 2.89 bits per heavy atom. The maximum atomic E-state index is 11.6. The first-order valence-corrected chi connectivity index (χ1v) is 7.17. The Morgan fingerprint density at radius 2 is 2.22 bits per heavy atom. The molecule has 0 aromatic heterocycles. The average Bonchev–Trinajstić information content (AvgIpc) is 3.12. The summed E-state index contributed by atoms with van der Waals surface area (Å²) in [6, 6.07) is 6.10. The number of carbonyl (C=O) groups is 1. The van der Waals surface area contributed by atoms with Crippen LogP contribution in [0.5, 0.6) is 0 Å². The van der Waals surface area contributed by atoms with Gasteiger partial charge in [0.1, 0.15) is 0 Å². The molecule has 0 atom stereocenters. The molecule has 0 heterocycles. The lowest BCUT2D eigenvalue weighted by Crippen LogP contribution is -2.34. The topological polar surface area (TPSA) is 41.1 Å². The third kappa shape index (κ3) is 4.42. The van der Waals surface area contributed by atoms with Crippen molar-refractivity contribution in [2.24, 2.45) is 5.92 Å². The number of aryl methyl sites for hydroxylation is 1. The van der Waals surface area contributed by atoms with Crippen LogP contribution >= 0.6 is 15.9 Å². The summed E-state index contributed by atoms with van der Waals surface area (Å²) in [7, 11) is 0. The number of carbonyl (C=O) groups excluding carboxylic acids is 1. The molecule has 0 bridgehead atoms. The molecule has 0 saturated heterocycles. The van der Waals surface area contributed by atoms with Crippen LogP contribution in [0.4, 0.5) is 0 Å². The molecule has 1 aliphatic rings. The normalized spacial score (nSPS) is 14.6. The summed E-state index contributed by atoms with van der Waals surface area (Å²) in [4.78, 5) is 11.6. The van der Waals surface area contributed by atoms with Crippen molar-refractivity contribution in [3.63, 3.8) is 0 Å². The van der Waals surface area contributed by atoms with Crippen molar-refractivity contribution in [1.29, 1.82) is 0 Å². The van der Waals surface area contributed by atoms with Crippen LogP contribution in [0.2, 0.25) is 0 Å². The van der Waals surface area contributed by atoms with Gasteiger partial charge in [-0.1, -0.05) is 22.0 Å². The highest BCUT2D eigenvalue weighted by Gasteiger charge is 2.20. The summed E-state index contributed by atoms with van der Waals surface area (Å²) < 4.78 is 1.07. The van der Waals surface area contributed by atoms with Crippen molar-refractivity contribution in [1.82, 2.24) is 10.6 Å². The molecule has 0 spiro atoms. The van der Waals surface area contributed by atoms with Crippen molar-refractivity contribution in [3.8, 4) is 0 Å². The molecule has 18 heavy (non-hydrogen) atoms. The number of hydrogen-bond acceptors (Lipinski definition) is 2. The van der Waals surface area contributed by atoms with Gasteiger partial charge in [-0.2, -0.15) is 0 Å². The van der Waals surface area contributed by atoms with E-state index in [4.69, 9.17) is 0 Å². The number of halogens is 1. The van der Waals surface area contributed by atoms with Gasteiger partial charge >= 0.3 is 0 Å². The van der Waals surface area contributed by atoms with Gasteiger partial charge in [0, 0.05) is 11.0 Å². The van der Waals surface area contributed by atoms with Gasteiger partial charge in [0.2, 0.25) is 5.91 Å². The van der Waals surface area contributed by atoms with Gasteiger partial charge in [0.15, 0.2) is 0 Å². The van der Waals surface area contributed by atoms with Gasteiger partial charge in [0.05, 0.1) is 6.54 Å². The van der Waals surface area contributed by atoms with Gasteiger partial charge in [-0.3, -0.25) is 4.79 Å². The standard InChI is InChI=1S/C14H19BrN2O/c1-10-6-13(15)5-4-12(10)8-17-14(18)9-16-7-11-2-3-11/h4-6,11,16H,2-3,7-9H2,1H3,(H,17,18). The van der Waals surface area contributed by atoms with Crippen LogP contribution in [-0.2, 0) is 11.3 Å². The summed E-state index contributed by atoms with van der Waals surface area (Å²) in [5.41, 5.74) is 2.35. The van der Waals surface area contributed by atoms with Gasteiger partial charge in [-0.15, -0.1) is 0 Å². The van der Waals surface area contributed by atoms with E-state index in [1.807, 2.05) is 12.1 Å². The summed E-state index contributed by atoms with van der Waals surface area (Å²) in [5.74, 6) is 0.879. The summed E-state index contributed by atoms with van der Waals surface area (Å²) in [6.07, 6.45) is 2.62. The Balaban J connectivity index is 1.70. The SMILES string of the molecule is Cc1cc(Br)ccc1CNC(=O)CNCC1CC1. The van der Waals surface area contributed by atoms with Crippen LogP contribution in [0, 0.1) is 12.8 Å². The Labute approximate surface area is 116 Å². The largest absolute Gasteiger partial charge is 0.351 e. The van der Waals surface area contributed by atoms with Gasteiger partial charge in [0.25, 0.3) is 0 Å². The van der Waals surface area contributed by atoms with E-state index in [1.165, 1.54) is 18.4 Å². The first-order valence-electron chi connectivity index (χ1n) is 6.37. The van der Waals surface area contributed by atoms with Gasteiger partial charge in [-0.25, -0.2) is 0 Å². The molecule has 0 radical (unpaired) electrons. The molecule has 3 nitrogen and oxygen atoms in total. The fourth-order valence-electron chi connectivity index (χ4n) is 1.83. The third-order valence-corrected chi connectivity index (χ3v) is 3.69. The minimum absolute atomic E-state index is 0.0676. The minimum Gasteiger partial charge on any atom is -0.351 e. The molecule has 0 unspecified atom stereocenters. The van der Waals surface area contributed by atoms with E-state index in [1.54, 1.807) is 0 Å². The van der Waals surface area contributed by atoms with E-state index in [-0.39, 0.29) is 5.91 Å². The summed E-state index contributed by atoms with van der Waals surface area (Å²) in [6.45, 7) is 4.05. The van der Waals surface area contributed by atoms with Crippen molar-refractivity contribution in [3.05, 3.63) is 33.8 Å². The molecule has 1 aromatic carbocycles. The van der Waals surface area contributed by atoms with Crippen LogP contribution in [0.25, 0.3) is 0 Å². The van der Waals surface area contributed by atoms with E-state index in [2.05, 4.69) is 39.6 Å². The molecular formula is C14H19BrN2O. The van der Waals surface area contributed by atoms with Gasteiger partial charge < -0.3 is 10.6 Å². The first-order chi connectivity index (χ1) is 8.65. The quantitative estimate of drug-likeness (QED) is 0.847. The van der Waals surface area contributed by atoms with Gasteiger partial charge in [-0.05, 0) is 55.5 Å². The zero-order valence-electron chi connectivity index (χ0n) is 10.6. The zero-order valence-corrected chi connectivity index (χ0v) is 12.2. The van der Waals surface area contributed by atoms with Crippen molar-refractivity contribution < 1.29 is 4.79 Å². The monoisotopic (exact) mass is 310 g/mol. The number of nitrogens with one attached hydrogen (secondary N) is 2. The smallest absolute Gasteiger partial charge is 0.234 e. The maximum absolute atomic E-state index is 11.6. The Morgan fingerprint density at radius 1 is 1.44 bits per heavy atom. The molecule has 4 heteroatoms. The number of rotatable bonds is 6. The van der Waals surface area contributed by atoms with Crippen molar-refractivity contribution >= 4 is 21.8 Å². The minimum atomic E-state index is 0.0676. The highest BCUT2D eigenvalue weighted by atomic mass is 79.9. The molecular weight excluding hydrogens is 292 g/mol. The molecule has 1 aromatic rings. The summed E-state index contributed by atoms with van der Waals surface area (Å²) in [5, 5.41) is 6.12.